The van der Waals surface area contributed by atoms with Crippen LogP contribution in [-0.2, 0) is 5.41 Å². The molecular formula is C32H28BN3O2. The molecule has 0 fully saturated rings. The summed E-state index contributed by atoms with van der Waals surface area (Å²) in [6.45, 7) is 18.6. The molecule has 5 nitrogen and oxygen atoms in total. The zero-order valence-corrected chi connectivity index (χ0v) is 22.9. The first kappa shape index (κ1) is 21.1. The maximum Gasteiger partial charge on any atom is 0.253 e. The van der Waals surface area contributed by atoms with Gasteiger partial charge in [-0.15, -0.1) is 0 Å². The first-order valence-corrected chi connectivity index (χ1v) is 13.5. The first-order valence-electron chi connectivity index (χ1n) is 13.5. The molecule has 0 N–H and O–H groups in total. The van der Waals surface area contributed by atoms with E-state index in [0.29, 0.717) is 6.61 Å². The molecule has 9 rings (SSSR count). The molecule has 0 bridgehead atoms. The average molecular weight is 497 g/mol. The Bertz CT molecular complexity index is 2080. The van der Waals surface area contributed by atoms with Gasteiger partial charge in [0.05, 0.1) is 11.0 Å². The van der Waals surface area contributed by atoms with Gasteiger partial charge in [-0.3, -0.25) is 4.57 Å². The number of ether oxygens (including phenoxy) is 1. The number of fused-ring (bicyclic) bond motifs is 1. The summed E-state index contributed by atoms with van der Waals surface area (Å²) >= 11 is 0. The molecule has 0 unspecified atom stereocenters. The van der Waals surface area contributed by atoms with Gasteiger partial charge >= 0.3 is 0 Å². The Hall–Kier alpha value is -3.93. The van der Waals surface area contributed by atoms with Crippen LogP contribution in [0.1, 0.15) is 48.8 Å². The summed E-state index contributed by atoms with van der Waals surface area (Å²) in [6, 6.07) is 6.69. The first-order chi connectivity index (χ1) is 18.1. The molecule has 6 heteroatoms. The van der Waals surface area contributed by atoms with Crippen LogP contribution in [0.3, 0.4) is 0 Å². The molecule has 0 radical (unpaired) electrons. The van der Waals surface area contributed by atoms with Crippen LogP contribution in [0.5, 0.6) is 5.75 Å². The molecule has 5 aromatic rings. The monoisotopic (exact) mass is 497 g/mol. The maximum absolute atomic E-state index is 6.86. The normalized spacial score (nSPS) is 16.8. The number of hydrogen-bond acceptors (Lipinski definition) is 4. The van der Waals surface area contributed by atoms with Crippen molar-refractivity contribution in [2.75, 3.05) is 18.6 Å². The highest BCUT2D eigenvalue weighted by atomic mass is 16.5. The minimum Gasteiger partial charge on any atom is -0.488 e. The fourth-order valence-corrected chi connectivity index (χ4v) is 7.77. The second-order valence-electron chi connectivity index (χ2n) is 12.6. The quantitative estimate of drug-likeness (QED) is 0.256. The average Bonchev–Trinajstić information content (AvgIpc) is 3.57. The summed E-state index contributed by atoms with van der Waals surface area (Å²) in [5.74, 6) is 2.09. The molecule has 2 aromatic heterocycles. The van der Waals surface area contributed by atoms with Gasteiger partial charge in [-0.25, -0.2) is 4.98 Å². The van der Waals surface area contributed by atoms with E-state index in [1.165, 1.54) is 55.2 Å². The smallest absolute Gasteiger partial charge is 0.253 e. The molecule has 186 valence electrons. The van der Waals surface area contributed by atoms with E-state index in [0.717, 1.165) is 50.6 Å². The zero-order chi connectivity index (χ0) is 26.2. The number of nitrogens with zero attached hydrogens (tertiary/aromatic N) is 3. The van der Waals surface area contributed by atoms with Gasteiger partial charge in [0.1, 0.15) is 29.3 Å². The van der Waals surface area contributed by atoms with Gasteiger partial charge < -0.3 is 14.1 Å². The third kappa shape index (κ3) is 1.98. The lowest BCUT2D eigenvalue weighted by Gasteiger charge is -2.40. The van der Waals surface area contributed by atoms with Gasteiger partial charge in [-0.05, 0) is 66.0 Å². The number of allylic oxidation sites excluding steroid dienone is 1. The van der Waals surface area contributed by atoms with Gasteiger partial charge in [0.25, 0.3) is 6.71 Å². The summed E-state index contributed by atoms with van der Waals surface area (Å²) in [6.07, 6.45) is 0. The van der Waals surface area contributed by atoms with Gasteiger partial charge in [0.2, 0.25) is 0 Å². The van der Waals surface area contributed by atoms with Crippen molar-refractivity contribution in [2.45, 2.75) is 47.0 Å². The second-order valence-corrected chi connectivity index (χ2v) is 12.6. The predicted octanol–water partition coefficient (Wildman–Crippen LogP) is 5.73. The minimum absolute atomic E-state index is 0.0471. The molecular weight excluding hydrogens is 469 g/mol. The van der Waals surface area contributed by atoms with Crippen molar-refractivity contribution in [3.63, 3.8) is 0 Å². The number of rotatable bonds is 0. The number of imidazole rings is 1. The molecule has 0 atom stereocenters. The van der Waals surface area contributed by atoms with E-state index < -0.39 is 0 Å². The lowest BCUT2D eigenvalue weighted by atomic mass is 9.32. The lowest BCUT2D eigenvalue weighted by molar-refractivity contribution is 0.385. The van der Waals surface area contributed by atoms with E-state index in [1.54, 1.807) is 0 Å². The Labute approximate surface area is 221 Å². The molecule has 0 saturated carbocycles. The number of likely N-dealkylation sites (N-methyl/N-ethyl adjacent to an activating group) is 1. The van der Waals surface area contributed by atoms with Crippen molar-refractivity contribution in [3.8, 4) is 11.4 Å². The molecule has 0 spiro atoms. The van der Waals surface area contributed by atoms with Crippen LogP contribution in [0.4, 0.5) is 5.69 Å². The maximum atomic E-state index is 6.86. The summed E-state index contributed by atoms with van der Waals surface area (Å²) in [4.78, 5) is 7.66. The van der Waals surface area contributed by atoms with E-state index in [-0.39, 0.29) is 12.1 Å². The number of hydrogen-bond donors (Lipinski definition) is 0. The summed E-state index contributed by atoms with van der Waals surface area (Å²) in [5.41, 5.74) is 17.4. The Balaban J connectivity index is 1.68. The lowest BCUT2D eigenvalue weighted by Crippen LogP contribution is -2.56. The topological polar surface area (TPSA) is 43.4 Å². The van der Waals surface area contributed by atoms with E-state index in [9.17, 15) is 0 Å². The van der Waals surface area contributed by atoms with E-state index >= 15 is 0 Å². The Kier molecular flexibility index (Phi) is 3.35. The molecule has 0 saturated heterocycles. The number of furan rings is 1. The highest BCUT2D eigenvalue weighted by Crippen LogP contribution is 2.53. The highest BCUT2D eigenvalue weighted by molar-refractivity contribution is 6.98. The number of aromatic nitrogens is 2. The molecule has 0 amide bonds. The molecule has 38 heavy (non-hydrogen) atoms. The standard InChI is InChI=1S/C32H28BN3O2/c1-13-14(2)29-21-20-17(12-37-28(13)20)23-16(4)35(8)18-10-9-11-19-24(18)33(23)25-22(21)30(38-29)15(3)26-27(25)36(19)31(34-26)32(5,6)7/h9-11H,4,12H2,1-3,5-8H3. The van der Waals surface area contributed by atoms with Crippen LogP contribution in [0.25, 0.3) is 44.2 Å². The predicted molar refractivity (Wildman–Crippen MR) is 156 cm³/mol. The Morgan fingerprint density at radius 2 is 1.71 bits per heavy atom. The van der Waals surface area contributed by atoms with Crippen molar-refractivity contribution in [3.05, 3.63) is 64.0 Å². The molecule has 0 aliphatic carbocycles. The third-order valence-electron chi connectivity index (χ3n) is 9.63. The van der Waals surface area contributed by atoms with E-state index in [4.69, 9.17) is 14.1 Å². The van der Waals surface area contributed by atoms with Crippen LogP contribution < -0.4 is 20.6 Å². The molecule has 3 aromatic carbocycles. The van der Waals surface area contributed by atoms with Crippen LogP contribution in [-0.4, -0.2) is 29.9 Å². The molecule has 4 aliphatic heterocycles. The van der Waals surface area contributed by atoms with Gasteiger partial charge in [0, 0.05) is 51.4 Å². The highest BCUT2D eigenvalue weighted by Gasteiger charge is 2.49. The Morgan fingerprint density at radius 1 is 0.974 bits per heavy atom. The summed E-state index contributed by atoms with van der Waals surface area (Å²) < 4.78 is 15.8. The van der Waals surface area contributed by atoms with Crippen molar-refractivity contribution in [1.82, 2.24) is 9.55 Å². The van der Waals surface area contributed by atoms with E-state index in [2.05, 4.69) is 82.8 Å². The van der Waals surface area contributed by atoms with Crippen molar-refractivity contribution in [2.24, 2.45) is 0 Å². The fourth-order valence-electron chi connectivity index (χ4n) is 7.77. The minimum atomic E-state index is -0.138. The molecule has 6 heterocycles. The van der Waals surface area contributed by atoms with Crippen LogP contribution in [0.15, 0.2) is 40.4 Å². The SMILES string of the molecule is C=C1C2=C3COc4c(C)c(C)c5oc6c(C)c7nc(C(C)(C)C)n8c7c(c6c5c43)B2c2c(cccc2-8)N1C. The number of anilines is 1. The van der Waals surface area contributed by atoms with Gasteiger partial charge in [-0.2, -0.15) is 0 Å². The van der Waals surface area contributed by atoms with Crippen molar-refractivity contribution < 1.29 is 9.15 Å². The van der Waals surface area contributed by atoms with E-state index in [1.807, 2.05) is 0 Å². The summed E-state index contributed by atoms with van der Waals surface area (Å²) in [5, 5.41) is 2.43. The van der Waals surface area contributed by atoms with Crippen LogP contribution >= 0.6 is 0 Å². The Morgan fingerprint density at radius 3 is 2.47 bits per heavy atom. The fraction of sp³-hybridized carbons (Fsp3) is 0.281. The second kappa shape index (κ2) is 6.04. The number of aryl methyl sites for hydroxylation is 2. The van der Waals surface area contributed by atoms with Crippen LogP contribution in [0.2, 0.25) is 0 Å². The summed E-state index contributed by atoms with van der Waals surface area (Å²) in [7, 11) is 2.15. The largest absolute Gasteiger partial charge is 0.488 e. The molecule has 4 aliphatic rings. The van der Waals surface area contributed by atoms with Crippen molar-refractivity contribution >= 4 is 61.9 Å². The zero-order valence-electron chi connectivity index (χ0n) is 22.9. The van der Waals surface area contributed by atoms with Gasteiger partial charge in [-0.1, -0.05) is 33.4 Å². The van der Waals surface area contributed by atoms with Crippen molar-refractivity contribution in [1.29, 1.82) is 0 Å². The van der Waals surface area contributed by atoms with Gasteiger partial charge in [0.15, 0.2) is 0 Å². The number of benzene rings is 3. The van der Waals surface area contributed by atoms with Crippen LogP contribution in [0, 0.1) is 20.8 Å². The third-order valence-corrected chi connectivity index (χ3v) is 9.63.